The molecule has 0 aliphatic carbocycles. The summed E-state index contributed by atoms with van der Waals surface area (Å²) in [5.74, 6) is 0.0266. The number of morpholine rings is 1. The molecular weight excluding hydrogens is 336 g/mol. The van der Waals surface area contributed by atoms with Crippen LogP contribution in [0, 0.1) is 0 Å². The van der Waals surface area contributed by atoms with Gasteiger partial charge in [0, 0.05) is 43.8 Å². The number of benzene rings is 2. The highest BCUT2D eigenvalue weighted by Crippen LogP contribution is 2.14. The molecule has 1 aliphatic rings. The van der Waals surface area contributed by atoms with Gasteiger partial charge in [-0.3, -0.25) is 9.69 Å². The minimum Gasteiger partial charge on any atom is -0.379 e. The molecule has 0 N–H and O–H groups in total. The first-order chi connectivity index (χ1) is 12.1. The molecule has 5 heteroatoms. The molecule has 0 atom stereocenters. The summed E-state index contributed by atoms with van der Waals surface area (Å²) in [5.41, 5.74) is 2.94. The van der Waals surface area contributed by atoms with Crippen LogP contribution in [0.1, 0.15) is 21.5 Å². The number of amides is 1. The fourth-order valence-electron chi connectivity index (χ4n) is 2.98. The van der Waals surface area contributed by atoms with Gasteiger partial charge >= 0.3 is 0 Å². The number of nitrogens with zero attached hydrogens (tertiary/aromatic N) is 2. The van der Waals surface area contributed by atoms with Crippen LogP contribution in [0.2, 0.25) is 5.02 Å². The second kappa shape index (κ2) is 8.48. The van der Waals surface area contributed by atoms with Crippen molar-refractivity contribution in [3.63, 3.8) is 0 Å². The van der Waals surface area contributed by atoms with E-state index in [9.17, 15) is 4.79 Å². The molecule has 0 unspecified atom stereocenters. The van der Waals surface area contributed by atoms with Gasteiger partial charge in [0.2, 0.25) is 0 Å². The molecule has 1 fully saturated rings. The maximum atomic E-state index is 12.7. The largest absolute Gasteiger partial charge is 0.379 e. The molecule has 2 aromatic carbocycles. The molecule has 0 bridgehead atoms. The highest BCUT2D eigenvalue weighted by Gasteiger charge is 2.15. The zero-order valence-electron chi connectivity index (χ0n) is 14.5. The number of hydrogen-bond donors (Lipinski definition) is 0. The van der Waals surface area contributed by atoms with E-state index in [0.29, 0.717) is 11.6 Å². The lowest BCUT2D eigenvalue weighted by Crippen LogP contribution is -2.35. The number of hydrogen-bond acceptors (Lipinski definition) is 3. The Kier molecular flexibility index (Phi) is 6.08. The molecule has 0 saturated carbocycles. The molecule has 3 rings (SSSR count). The summed E-state index contributed by atoms with van der Waals surface area (Å²) >= 11 is 5.91. The first-order valence-electron chi connectivity index (χ1n) is 8.51. The van der Waals surface area contributed by atoms with Gasteiger partial charge in [0.25, 0.3) is 5.91 Å². The van der Waals surface area contributed by atoms with Gasteiger partial charge in [0.15, 0.2) is 0 Å². The van der Waals surface area contributed by atoms with Crippen molar-refractivity contribution in [1.29, 1.82) is 0 Å². The van der Waals surface area contributed by atoms with Crippen molar-refractivity contribution < 1.29 is 9.53 Å². The van der Waals surface area contributed by atoms with Crippen LogP contribution < -0.4 is 0 Å². The Hall–Kier alpha value is -1.88. The third-order valence-corrected chi connectivity index (χ3v) is 4.62. The third-order valence-electron chi connectivity index (χ3n) is 4.36. The van der Waals surface area contributed by atoms with E-state index in [1.165, 1.54) is 0 Å². The van der Waals surface area contributed by atoms with Crippen LogP contribution in [0.3, 0.4) is 0 Å². The summed E-state index contributed by atoms with van der Waals surface area (Å²) in [6.45, 7) is 4.85. The van der Waals surface area contributed by atoms with Gasteiger partial charge in [-0.15, -0.1) is 0 Å². The predicted octanol–water partition coefficient (Wildman–Crippen LogP) is 3.44. The predicted molar refractivity (Wildman–Crippen MR) is 99.8 cm³/mol. The maximum Gasteiger partial charge on any atom is 0.253 e. The van der Waals surface area contributed by atoms with Crippen molar-refractivity contribution >= 4 is 17.5 Å². The summed E-state index contributed by atoms with van der Waals surface area (Å²) in [7, 11) is 1.82. The zero-order valence-corrected chi connectivity index (χ0v) is 15.2. The molecule has 0 aromatic heterocycles. The molecule has 1 saturated heterocycles. The van der Waals surface area contributed by atoms with Crippen LogP contribution in [0.5, 0.6) is 0 Å². The second-order valence-corrected chi connectivity index (χ2v) is 6.81. The zero-order chi connectivity index (χ0) is 17.6. The van der Waals surface area contributed by atoms with Gasteiger partial charge in [-0.2, -0.15) is 0 Å². The van der Waals surface area contributed by atoms with Gasteiger partial charge in [-0.05, 0) is 35.4 Å². The van der Waals surface area contributed by atoms with Gasteiger partial charge in [-0.25, -0.2) is 0 Å². The van der Waals surface area contributed by atoms with Gasteiger partial charge in [0.1, 0.15) is 0 Å². The van der Waals surface area contributed by atoms with Crippen LogP contribution in [-0.2, 0) is 17.8 Å². The maximum absolute atomic E-state index is 12.7. The number of carbonyl (C=O) groups is 1. The standard InChI is InChI=1S/C20H23ClN2O2/c1-22(14-16-5-7-19(21)8-6-16)20(24)18-4-2-3-17(13-18)15-23-9-11-25-12-10-23/h2-8,13H,9-12,14-15H2,1H3. The molecular formula is C20H23ClN2O2. The lowest BCUT2D eigenvalue weighted by molar-refractivity contribution is 0.0341. The van der Waals surface area contributed by atoms with E-state index >= 15 is 0 Å². The Morgan fingerprint density at radius 1 is 1.12 bits per heavy atom. The van der Waals surface area contributed by atoms with Crippen LogP contribution in [-0.4, -0.2) is 49.1 Å². The van der Waals surface area contributed by atoms with Crippen molar-refractivity contribution in [1.82, 2.24) is 9.80 Å². The van der Waals surface area contributed by atoms with Gasteiger partial charge < -0.3 is 9.64 Å². The fraction of sp³-hybridized carbons (Fsp3) is 0.350. The molecule has 2 aromatic rings. The van der Waals surface area contributed by atoms with E-state index in [-0.39, 0.29) is 5.91 Å². The number of ether oxygens (including phenoxy) is 1. The Morgan fingerprint density at radius 2 is 1.84 bits per heavy atom. The van der Waals surface area contributed by atoms with E-state index in [1.807, 2.05) is 49.5 Å². The molecule has 132 valence electrons. The van der Waals surface area contributed by atoms with Crippen molar-refractivity contribution in [3.8, 4) is 0 Å². The minimum atomic E-state index is 0.0266. The lowest BCUT2D eigenvalue weighted by Gasteiger charge is -2.26. The van der Waals surface area contributed by atoms with Gasteiger partial charge in [0.05, 0.1) is 13.2 Å². The van der Waals surface area contributed by atoms with E-state index < -0.39 is 0 Å². The average molecular weight is 359 g/mol. The van der Waals surface area contributed by atoms with E-state index in [2.05, 4.69) is 11.0 Å². The molecule has 1 aliphatic heterocycles. The smallest absolute Gasteiger partial charge is 0.253 e. The fourth-order valence-corrected chi connectivity index (χ4v) is 3.10. The number of halogens is 1. The molecule has 1 amide bonds. The molecule has 1 heterocycles. The Morgan fingerprint density at radius 3 is 2.56 bits per heavy atom. The number of carbonyl (C=O) groups excluding carboxylic acids is 1. The summed E-state index contributed by atoms with van der Waals surface area (Å²) in [4.78, 5) is 16.8. The Labute approximate surface area is 154 Å². The summed E-state index contributed by atoms with van der Waals surface area (Å²) in [5, 5.41) is 0.702. The Bertz CT molecular complexity index is 712. The lowest BCUT2D eigenvalue weighted by atomic mass is 10.1. The highest BCUT2D eigenvalue weighted by molar-refractivity contribution is 6.30. The van der Waals surface area contributed by atoms with Crippen LogP contribution in [0.4, 0.5) is 0 Å². The Balaban J connectivity index is 1.64. The van der Waals surface area contributed by atoms with E-state index in [4.69, 9.17) is 16.3 Å². The monoisotopic (exact) mass is 358 g/mol. The molecule has 0 spiro atoms. The van der Waals surface area contributed by atoms with E-state index in [1.54, 1.807) is 4.90 Å². The van der Waals surface area contributed by atoms with Crippen LogP contribution in [0.25, 0.3) is 0 Å². The third kappa shape index (κ3) is 5.05. The second-order valence-electron chi connectivity index (χ2n) is 6.38. The van der Waals surface area contributed by atoms with Crippen molar-refractivity contribution in [2.75, 3.05) is 33.4 Å². The summed E-state index contributed by atoms with van der Waals surface area (Å²) in [6.07, 6.45) is 0. The quantitative estimate of drug-likeness (QED) is 0.820. The van der Waals surface area contributed by atoms with Crippen molar-refractivity contribution in [2.45, 2.75) is 13.1 Å². The summed E-state index contributed by atoms with van der Waals surface area (Å²) in [6, 6.07) is 15.5. The molecule has 25 heavy (non-hydrogen) atoms. The van der Waals surface area contributed by atoms with Crippen molar-refractivity contribution in [2.24, 2.45) is 0 Å². The molecule has 4 nitrogen and oxygen atoms in total. The van der Waals surface area contributed by atoms with E-state index in [0.717, 1.165) is 49.5 Å². The SMILES string of the molecule is CN(Cc1ccc(Cl)cc1)C(=O)c1cccc(CN2CCOCC2)c1. The van der Waals surface area contributed by atoms with Gasteiger partial charge in [-0.1, -0.05) is 35.9 Å². The highest BCUT2D eigenvalue weighted by atomic mass is 35.5. The van der Waals surface area contributed by atoms with Crippen LogP contribution in [0.15, 0.2) is 48.5 Å². The average Bonchev–Trinajstić information content (AvgIpc) is 2.64. The first-order valence-corrected chi connectivity index (χ1v) is 8.88. The molecule has 0 radical (unpaired) electrons. The summed E-state index contributed by atoms with van der Waals surface area (Å²) < 4.78 is 5.38. The van der Waals surface area contributed by atoms with Crippen LogP contribution >= 0.6 is 11.6 Å². The number of rotatable bonds is 5. The normalized spacial score (nSPS) is 15.1. The van der Waals surface area contributed by atoms with Crippen molar-refractivity contribution in [3.05, 3.63) is 70.2 Å². The first kappa shape index (κ1) is 17.9. The topological polar surface area (TPSA) is 32.8 Å². The minimum absolute atomic E-state index is 0.0266.